The van der Waals surface area contributed by atoms with E-state index < -0.39 is 0 Å². The van der Waals surface area contributed by atoms with Crippen LogP contribution >= 0.6 is 0 Å². The van der Waals surface area contributed by atoms with Crippen LogP contribution in [0.25, 0.3) is 0 Å². The fraction of sp³-hybridized carbons (Fsp3) is 0.667. The summed E-state index contributed by atoms with van der Waals surface area (Å²) < 4.78 is 0. The molecule has 0 aromatic heterocycles. The minimum absolute atomic E-state index is 0.530. The molecule has 0 saturated carbocycles. The Morgan fingerprint density at radius 1 is 1.32 bits per heavy atom. The number of allylic oxidation sites excluding steroid dienone is 5. The van der Waals surface area contributed by atoms with Crippen LogP contribution in [-0.4, -0.2) is 6.04 Å². The molecular formula is C18H31N. The molecule has 1 heteroatoms. The van der Waals surface area contributed by atoms with Gasteiger partial charge in [-0.1, -0.05) is 56.6 Å². The summed E-state index contributed by atoms with van der Waals surface area (Å²) in [6, 6.07) is 0.553. The van der Waals surface area contributed by atoms with Crippen molar-refractivity contribution in [2.45, 2.75) is 72.3 Å². The third kappa shape index (κ3) is 6.13. The molecule has 1 aliphatic rings. The van der Waals surface area contributed by atoms with E-state index in [1.165, 1.54) is 43.4 Å². The van der Waals surface area contributed by atoms with Crippen molar-refractivity contribution in [3.05, 3.63) is 35.6 Å². The fourth-order valence-electron chi connectivity index (χ4n) is 2.51. The van der Waals surface area contributed by atoms with Gasteiger partial charge in [0.05, 0.1) is 0 Å². The molecule has 0 aromatic carbocycles. The van der Waals surface area contributed by atoms with Crippen molar-refractivity contribution in [1.82, 2.24) is 5.32 Å². The molecule has 1 N–H and O–H groups in total. The van der Waals surface area contributed by atoms with E-state index >= 15 is 0 Å². The highest BCUT2D eigenvalue weighted by atomic mass is 14.9. The van der Waals surface area contributed by atoms with Crippen LogP contribution in [0.4, 0.5) is 0 Å². The average Bonchev–Trinajstić information content (AvgIpc) is 2.39. The summed E-state index contributed by atoms with van der Waals surface area (Å²) in [6.07, 6.45) is 12.0. The topological polar surface area (TPSA) is 12.0 Å². The van der Waals surface area contributed by atoms with Crippen molar-refractivity contribution < 1.29 is 0 Å². The van der Waals surface area contributed by atoms with E-state index in [4.69, 9.17) is 0 Å². The molecular weight excluding hydrogens is 230 g/mol. The van der Waals surface area contributed by atoms with E-state index in [1.54, 1.807) is 5.57 Å². The molecule has 2 atom stereocenters. The van der Waals surface area contributed by atoms with Crippen LogP contribution in [0.15, 0.2) is 35.6 Å². The Morgan fingerprint density at radius 3 is 2.63 bits per heavy atom. The molecule has 0 saturated heterocycles. The first-order valence-corrected chi connectivity index (χ1v) is 7.83. The minimum Gasteiger partial charge on any atom is -0.386 e. The van der Waals surface area contributed by atoms with Crippen LogP contribution in [-0.2, 0) is 0 Å². The van der Waals surface area contributed by atoms with Crippen molar-refractivity contribution in [1.29, 1.82) is 0 Å². The second-order valence-corrected chi connectivity index (χ2v) is 6.16. The molecule has 0 amide bonds. The number of rotatable bonds is 8. The Balaban J connectivity index is 2.36. The largest absolute Gasteiger partial charge is 0.386 e. The van der Waals surface area contributed by atoms with Crippen LogP contribution in [0, 0.1) is 5.92 Å². The maximum Gasteiger partial charge on any atom is 0.0229 e. The van der Waals surface area contributed by atoms with Crippen LogP contribution in [0.5, 0.6) is 0 Å². The summed E-state index contributed by atoms with van der Waals surface area (Å²) in [5.41, 5.74) is 4.28. The Morgan fingerprint density at radius 2 is 2.05 bits per heavy atom. The van der Waals surface area contributed by atoms with Gasteiger partial charge in [-0.05, 0) is 45.4 Å². The third-order valence-corrected chi connectivity index (χ3v) is 4.03. The smallest absolute Gasteiger partial charge is 0.0229 e. The summed E-state index contributed by atoms with van der Waals surface area (Å²) >= 11 is 0. The van der Waals surface area contributed by atoms with Crippen LogP contribution in [0.1, 0.15) is 66.2 Å². The average molecular weight is 261 g/mol. The molecule has 1 rings (SSSR count). The fourth-order valence-corrected chi connectivity index (χ4v) is 2.51. The molecule has 1 aliphatic carbocycles. The molecule has 108 valence electrons. The van der Waals surface area contributed by atoms with Gasteiger partial charge < -0.3 is 5.32 Å². The normalized spacial score (nSPS) is 18.3. The molecule has 19 heavy (non-hydrogen) atoms. The monoisotopic (exact) mass is 261 g/mol. The summed E-state index contributed by atoms with van der Waals surface area (Å²) in [7, 11) is 0. The zero-order chi connectivity index (χ0) is 14.3. The molecule has 0 aromatic rings. The predicted octanol–water partition coefficient (Wildman–Crippen LogP) is 5.36. The molecule has 0 heterocycles. The Hall–Kier alpha value is -0.980. The van der Waals surface area contributed by atoms with Crippen LogP contribution in [0.2, 0.25) is 0 Å². The first-order chi connectivity index (χ1) is 9.02. The Labute approximate surface area is 119 Å². The number of hydrogen-bond donors (Lipinski definition) is 1. The molecule has 0 aliphatic heterocycles. The predicted molar refractivity (Wildman–Crippen MR) is 86.1 cm³/mol. The van der Waals surface area contributed by atoms with Gasteiger partial charge in [0.15, 0.2) is 0 Å². The van der Waals surface area contributed by atoms with Crippen molar-refractivity contribution in [2.24, 2.45) is 5.92 Å². The van der Waals surface area contributed by atoms with E-state index in [-0.39, 0.29) is 0 Å². The van der Waals surface area contributed by atoms with Gasteiger partial charge in [0.2, 0.25) is 0 Å². The van der Waals surface area contributed by atoms with Gasteiger partial charge in [-0.15, -0.1) is 0 Å². The quantitative estimate of drug-likeness (QED) is 0.620. The van der Waals surface area contributed by atoms with Gasteiger partial charge >= 0.3 is 0 Å². The highest BCUT2D eigenvalue weighted by Gasteiger charge is 2.13. The first kappa shape index (κ1) is 16.1. The first-order valence-electron chi connectivity index (χ1n) is 7.83. The van der Waals surface area contributed by atoms with Crippen molar-refractivity contribution >= 4 is 0 Å². The number of nitrogens with one attached hydrogen (secondary N) is 1. The van der Waals surface area contributed by atoms with E-state index in [9.17, 15) is 0 Å². The van der Waals surface area contributed by atoms with E-state index in [1.807, 2.05) is 0 Å². The van der Waals surface area contributed by atoms with Gasteiger partial charge in [0.25, 0.3) is 0 Å². The van der Waals surface area contributed by atoms with Gasteiger partial charge in [0.1, 0.15) is 0 Å². The van der Waals surface area contributed by atoms with Gasteiger partial charge in [-0.25, -0.2) is 0 Å². The highest BCUT2D eigenvalue weighted by Crippen LogP contribution is 2.25. The maximum atomic E-state index is 4.23. The van der Waals surface area contributed by atoms with Gasteiger partial charge in [0, 0.05) is 11.7 Å². The van der Waals surface area contributed by atoms with E-state index in [0.29, 0.717) is 12.0 Å². The van der Waals surface area contributed by atoms with Crippen LogP contribution < -0.4 is 5.32 Å². The molecule has 0 spiro atoms. The Kier molecular flexibility index (Phi) is 6.97. The minimum atomic E-state index is 0.530. The lowest BCUT2D eigenvalue weighted by Gasteiger charge is -2.23. The number of unbranched alkanes of at least 4 members (excludes halogenated alkanes) is 1. The lowest BCUT2D eigenvalue weighted by Crippen LogP contribution is -2.28. The van der Waals surface area contributed by atoms with Crippen molar-refractivity contribution in [2.75, 3.05) is 0 Å². The molecule has 0 bridgehead atoms. The molecule has 0 fully saturated rings. The lowest BCUT2D eigenvalue weighted by atomic mass is 9.91. The summed E-state index contributed by atoms with van der Waals surface area (Å²) in [5, 5.41) is 3.58. The SMILES string of the molecule is C=C(NC(C)CCCC)C(C)CC1=CC=C(C)CC1. The number of hydrogen-bond acceptors (Lipinski definition) is 1. The van der Waals surface area contributed by atoms with Crippen LogP contribution in [0.3, 0.4) is 0 Å². The van der Waals surface area contributed by atoms with E-state index in [2.05, 4.69) is 51.7 Å². The third-order valence-electron chi connectivity index (χ3n) is 4.03. The molecule has 2 unspecified atom stereocenters. The van der Waals surface area contributed by atoms with Crippen molar-refractivity contribution in [3.8, 4) is 0 Å². The zero-order valence-corrected chi connectivity index (χ0v) is 13.3. The van der Waals surface area contributed by atoms with Gasteiger partial charge in [-0.3, -0.25) is 0 Å². The lowest BCUT2D eigenvalue weighted by molar-refractivity contribution is 0.494. The highest BCUT2D eigenvalue weighted by molar-refractivity contribution is 5.23. The van der Waals surface area contributed by atoms with Gasteiger partial charge in [-0.2, -0.15) is 0 Å². The molecule has 0 radical (unpaired) electrons. The summed E-state index contributed by atoms with van der Waals surface area (Å²) in [5.74, 6) is 0.530. The second kappa shape index (κ2) is 8.24. The Bertz CT molecular complexity index is 349. The molecule has 1 nitrogen and oxygen atoms in total. The van der Waals surface area contributed by atoms with Crippen molar-refractivity contribution in [3.63, 3.8) is 0 Å². The zero-order valence-electron chi connectivity index (χ0n) is 13.3. The second-order valence-electron chi connectivity index (χ2n) is 6.16. The summed E-state index contributed by atoms with van der Waals surface area (Å²) in [6.45, 7) is 13.2. The van der Waals surface area contributed by atoms with E-state index in [0.717, 1.165) is 6.42 Å². The maximum absolute atomic E-state index is 4.23. The standard InChI is InChI=1S/C18H31N/c1-6-7-8-16(4)19-17(5)15(3)13-18-11-9-14(2)10-12-18/h9,11,15-16,19H,5-8,10,12-13H2,1-4H3. The summed E-state index contributed by atoms with van der Waals surface area (Å²) in [4.78, 5) is 0.